The molecule has 0 aliphatic carbocycles. The molecule has 0 spiro atoms. The van der Waals surface area contributed by atoms with Gasteiger partial charge in [0.15, 0.2) is 0 Å². The van der Waals surface area contributed by atoms with Gasteiger partial charge in [-0.3, -0.25) is 9.69 Å². The van der Waals surface area contributed by atoms with E-state index in [1.165, 1.54) is 10.6 Å². The molecule has 2 fully saturated rings. The zero-order chi connectivity index (χ0) is 15.4. The number of rotatable bonds is 5. The van der Waals surface area contributed by atoms with Crippen molar-refractivity contribution < 1.29 is 14.3 Å². The normalized spacial score (nSPS) is 21.1. The average Bonchev–Trinajstić information content (AvgIpc) is 3.16. The lowest BCUT2D eigenvalue weighted by molar-refractivity contribution is -0.121. The first kappa shape index (κ1) is 14.7. The number of cyclic esters (lactones) is 1. The summed E-state index contributed by atoms with van der Waals surface area (Å²) in [6.07, 6.45) is 0.673. The molecule has 6 nitrogen and oxygen atoms in total. The van der Waals surface area contributed by atoms with E-state index in [4.69, 9.17) is 4.74 Å². The summed E-state index contributed by atoms with van der Waals surface area (Å²) in [5, 5.41) is 2.93. The minimum Gasteiger partial charge on any atom is -0.448 e. The zero-order valence-electron chi connectivity index (χ0n) is 12.5. The van der Waals surface area contributed by atoms with Gasteiger partial charge in [-0.15, -0.1) is 0 Å². The number of hydrogen-bond acceptors (Lipinski definition) is 4. The van der Waals surface area contributed by atoms with E-state index in [0.717, 1.165) is 19.5 Å². The van der Waals surface area contributed by atoms with Crippen LogP contribution >= 0.6 is 0 Å². The smallest absolute Gasteiger partial charge is 0.410 e. The molecule has 6 heteroatoms. The van der Waals surface area contributed by atoms with E-state index >= 15 is 0 Å². The van der Waals surface area contributed by atoms with Gasteiger partial charge in [-0.2, -0.15) is 0 Å². The van der Waals surface area contributed by atoms with Gasteiger partial charge >= 0.3 is 6.09 Å². The Bertz CT molecular complexity index is 535. The van der Waals surface area contributed by atoms with Gasteiger partial charge in [0.25, 0.3) is 0 Å². The summed E-state index contributed by atoms with van der Waals surface area (Å²) >= 11 is 0. The van der Waals surface area contributed by atoms with Crippen molar-refractivity contribution in [2.24, 2.45) is 5.92 Å². The summed E-state index contributed by atoms with van der Waals surface area (Å²) in [4.78, 5) is 26.9. The Morgan fingerprint density at radius 1 is 1.27 bits per heavy atom. The number of carbonyl (C=O) groups is 2. The molecule has 2 heterocycles. The Labute approximate surface area is 130 Å². The molecular formula is C16H21N3O3. The standard InChI is InChI=1S/C16H21N3O3/c20-15(12-19-8-9-22-16(19)21)17-10-13-6-7-18(11-13)14-4-2-1-3-5-14/h1-5,13H,6-12H2,(H,17,20)/t13-/m0/s1. The van der Waals surface area contributed by atoms with Crippen LogP contribution in [0.4, 0.5) is 10.5 Å². The number of ether oxygens (including phenoxy) is 1. The van der Waals surface area contributed by atoms with Crippen LogP contribution in [0.3, 0.4) is 0 Å². The summed E-state index contributed by atoms with van der Waals surface area (Å²) in [5.41, 5.74) is 1.23. The van der Waals surface area contributed by atoms with Crippen LogP contribution in [0, 0.1) is 5.92 Å². The molecule has 2 aliphatic heterocycles. The van der Waals surface area contributed by atoms with E-state index in [1.54, 1.807) is 0 Å². The van der Waals surface area contributed by atoms with Crippen LogP contribution in [0.1, 0.15) is 6.42 Å². The summed E-state index contributed by atoms with van der Waals surface area (Å²) in [6, 6.07) is 10.3. The van der Waals surface area contributed by atoms with Crippen molar-refractivity contribution in [1.82, 2.24) is 10.2 Å². The lowest BCUT2D eigenvalue weighted by Crippen LogP contribution is -2.39. The van der Waals surface area contributed by atoms with Crippen molar-refractivity contribution in [3.63, 3.8) is 0 Å². The summed E-state index contributed by atoms with van der Waals surface area (Å²) < 4.78 is 4.81. The predicted molar refractivity (Wildman–Crippen MR) is 82.7 cm³/mol. The summed E-state index contributed by atoms with van der Waals surface area (Å²) in [5.74, 6) is 0.340. The van der Waals surface area contributed by atoms with Gasteiger partial charge in [0, 0.05) is 25.3 Å². The Kier molecular flexibility index (Phi) is 4.46. The number of para-hydroxylation sites is 1. The van der Waals surface area contributed by atoms with Gasteiger partial charge in [-0.25, -0.2) is 4.79 Å². The molecule has 2 saturated heterocycles. The van der Waals surface area contributed by atoms with Gasteiger partial charge in [0.2, 0.25) is 5.91 Å². The third kappa shape index (κ3) is 3.50. The Hall–Kier alpha value is -2.24. The van der Waals surface area contributed by atoms with Crippen molar-refractivity contribution in [1.29, 1.82) is 0 Å². The minimum absolute atomic E-state index is 0.0912. The van der Waals surface area contributed by atoms with Gasteiger partial charge in [-0.05, 0) is 24.5 Å². The molecule has 2 amide bonds. The Balaban J connectivity index is 1.41. The highest BCUT2D eigenvalue weighted by Crippen LogP contribution is 2.22. The molecule has 0 unspecified atom stereocenters. The van der Waals surface area contributed by atoms with Crippen LogP contribution in [-0.2, 0) is 9.53 Å². The number of benzene rings is 1. The second-order valence-electron chi connectivity index (χ2n) is 5.78. The first-order valence-corrected chi connectivity index (χ1v) is 7.71. The fourth-order valence-corrected chi connectivity index (χ4v) is 2.93. The first-order valence-electron chi connectivity index (χ1n) is 7.71. The van der Waals surface area contributed by atoms with Crippen molar-refractivity contribution in [2.45, 2.75) is 6.42 Å². The summed E-state index contributed by atoms with van der Waals surface area (Å²) in [7, 11) is 0. The van der Waals surface area contributed by atoms with E-state index in [9.17, 15) is 9.59 Å². The largest absolute Gasteiger partial charge is 0.448 e. The highest BCUT2D eigenvalue weighted by molar-refractivity contribution is 5.82. The quantitative estimate of drug-likeness (QED) is 0.884. The zero-order valence-corrected chi connectivity index (χ0v) is 12.5. The van der Waals surface area contributed by atoms with E-state index in [2.05, 4.69) is 22.3 Å². The van der Waals surface area contributed by atoms with Crippen LogP contribution in [0.5, 0.6) is 0 Å². The van der Waals surface area contributed by atoms with Crippen molar-refractivity contribution in [3.05, 3.63) is 30.3 Å². The van der Waals surface area contributed by atoms with E-state index in [1.807, 2.05) is 18.2 Å². The number of hydrogen-bond donors (Lipinski definition) is 1. The second-order valence-corrected chi connectivity index (χ2v) is 5.78. The molecule has 0 radical (unpaired) electrons. The maximum absolute atomic E-state index is 11.9. The molecule has 0 bridgehead atoms. The molecular weight excluding hydrogens is 282 g/mol. The number of anilines is 1. The van der Waals surface area contributed by atoms with Gasteiger partial charge in [0.05, 0.1) is 6.54 Å². The summed E-state index contributed by atoms with van der Waals surface area (Å²) in [6.45, 7) is 3.59. The lowest BCUT2D eigenvalue weighted by atomic mass is 10.1. The van der Waals surface area contributed by atoms with Gasteiger partial charge < -0.3 is 15.0 Å². The molecule has 2 aliphatic rings. The Morgan fingerprint density at radius 2 is 2.09 bits per heavy atom. The molecule has 1 atom stereocenters. The first-order chi connectivity index (χ1) is 10.7. The SMILES string of the molecule is O=C(CN1CCOC1=O)NC[C@@H]1CCN(c2ccccc2)C1. The molecule has 3 rings (SSSR count). The number of nitrogens with one attached hydrogen (secondary N) is 1. The lowest BCUT2D eigenvalue weighted by Gasteiger charge is -2.19. The molecule has 0 saturated carbocycles. The van der Waals surface area contributed by atoms with E-state index in [0.29, 0.717) is 25.6 Å². The van der Waals surface area contributed by atoms with E-state index < -0.39 is 6.09 Å². The Morgan fingerprint density at radius 3 is 2.82 bits per heavy atom. The van der Waals surface area contributed by atoms with Crippen LogP contribution in [0.25, 0.3) is 0 Å². The predicted octanol–water partition coefficient (Wildman–Crippen LogP) is 1.08. The van der Waals surface area contributed by atoms with Crippen molar-refractivity contribution >= 4 is 17.7 Å². The maximum Gasteiger partial charge on any atom is 0.410 e. The maximum atomic E-state index is 11.9. The van der Waals surface area contributed by atoms with Crippen LogP contribution in [0.15, 0.2) is 30.3 Å². The van der Waals surface area contributed by atoms with Crippen molar-refractivity contribution in [2.75, 3.05) is 44.2 Å². The van der Waals surface area contributed by atoms with E-state index in [-0.39, 0.29) is 12.5 Å². The second kappa shape index (κ2) is 6.68. The molecule has 1 aromatic rings. The fraction of sp³-hybridized carbons (Fsp3) is 0.500. The van der Waals surface area contributed by atoms with Crippen LogP contribution < -0.4 is 10.2 Å². The number of amides is 2. The van der Waals surface area contributed by atoms with Gasteiger partial charge in [-0.1, -0.05) is 18.2 Å². The molecule has 1 N–H and O–H groups in total. The van der Waals surface area contributed by atoms with Crippen LogP contribution in [-0.4, -0.2) is 56.2 Å². The number of carbonyl (C=O) groups excluding carboxylic acids is 2. The molecule has 118 valence electrons. The highest BCUT2D eigenvalue weighted by Gasteiger charge is 2.26. The average molecular weight is 303 g/mol. The monoisotopic (exact) mass is 303 g/mol. The molecule has 0 aromatic heterocycles. The fourth-order valence-electron chi connectivity index (χ4n) is 2.93. The third-order valence-electron chi connectivity index (χ3n) is 4.17. The highest BCUT2D eigenvalue weighted by atomic mass is 16.6. The van der Waals surface area contributed by atoms with Crippen molar-refractivity contribution in [3.8, 4) is 0 Å². The van der Waals surface area contributed by atoms with Crippen LogP contribution in [0.2, 0.25) is 0 Å². The number of nitrogens with zero attached hydrogens (tertiary/aromatic N) is 2. The van der Waals surface area contributed by atoms with Gasteiger partial charge in [0.1, 0.15) is 13.2 Å². The minimum atomic E-state index is -0.397. The topological polar surface area (TPSA) is 61.9 Å². The molecule has 1 aromatic carbocycles. The third-order valence-corrected chi connectivity index (χ3v) is 4.17. The molecule has 22 heavy (non-hydrogen) atoms.